The zero-order valence-electron chi connectivity index (χ0n) is 12.2. The Balaban J connectivity index is 2.17. The maximum atomic E-state index is 12.8. The SMILES string of the molecule is CC12CC(=O)CCCCC(=O)[C@@]1(C(=O)O)N1C(=O)[C@@H](N)[C@H]1S2. The second-order valence-corrected chi connectivity index (χ2v) is 7.95. The minimum Gasteiger partial charge on any atom is -0.479 e. The van der Waals surface area contributed by atoms with E-state index in [9.17, 15) is 24.3 Å². The third-order valence-electron chi connectivity index (χ3n) is 4.95. The maximum Gasteiger partial charge on any atom is 0.339 e. The molecule has 1 amide bonds. The Bertz CT molecular complexity index is 594. The molecule has 4 atom stereocenters. The highest BCUT2D eigenvalue weighted by atomic mass is 32.2. The summed E-state index contributed by atoms with van der Waals surface area (Å²) in [5.41, 5.74) is 3.79. The molecular formula is C14H18N2O5S. The predicted octanol–water partition coefficient (Wildman–Crippen LogP) is -0.0868. The van der Waals surface area contributed by atoms with Crippen molar-refractivity contribution in [2.45, 2.75) is 60.7 Å². The van der Waals surface area contributed by atoms with Gasteiger partial charge < -0.3 is 15.7 Å². The molecule has 7 nitrogen and oxygen atoms in total. The van der Waals surface area contributed by atoms with Crippen LogP contribution in [0.25, 0.3) is 0 Å². The molecule has 0 aromatic carbocycles. The second kappa shape index (κ2) is 4.79. The van der Waals surface area contributed by atoms with Crippen LogP contribution in [-0.2, 0) is 19.2 Å². The van der Waals surface area contributed by atoms with Gasteiger partial charge in [-0.2, -0.15) is 0 Å². The number of carbonyl (C=O) groups excluding carboxylic acids is 3. The third-order valence-corrected chi connectivity index (χ3v) is 6.65. The maximum absolute atomic E-state index is 12.8. The van der Waals surface area contributed by atoms with Gasteiger partial charge in [0.1, 0.15) is 17.2 Å². The van der Waals surface area contributed by atoms with Gasteiger partial charge in [-0.15, -0.1) is 11.8 Å². The number of Topliss-reactive ketones (excluding diaryl/α,β-unsaturated/α-hetero) is 2. The molecule has 22 heavy (non-hydrogen) atoms. The molecule has 0 aromatic heterocycles. The zero-order chi connectivity index (χ0) is 16.3. The summed E-state index contributed by atoms with van der Waals surface area (Å²) in [6, 6.07) is -0.809. The number of aliphatic carboxylic acids is 1. The van der Waals surface area contributed by atoms with Crippen molar-refractivity contribution in [2.24, 2.45) is 5.73 Å². The largest absolute Gasteiger partial charge is 0.479 e. The van der Waals surface area contributed by atoms with Crippen molar-refractivity contribution in [2.75, 3.05) is 0 Å². The lowest BCUT2D eigenvalue weighted by molar-refractivity contribution is -0.174. The first-order valence-corrected chi connectivity index (χ1v) is 8.18. The molecule has 2 heterocycles. The van der Waals surface area contributed by atoms with Crippen LogP contribution in [0.4, 0.5) is 0 Å². The van der Waals surface area contributed by atoms with Gasteiger partial charge >= 0.3 is 5.97 Å². The molecule has 0 aromatic rings. The monoisotopic (exact) mass is 326 g/mol. The number of hydrogen-bond acceptors (Lipinski definition) is 6. The van der Waals surface area contributed by atoms with Gasteiger partial charge in [-0.05, 0) is 19.8 Å². The van der Waals surface area contributed by atoms with Gasteiger partial charge in [-0.25, -0.2) is 4.79 Å². The average Bonchev–Trinajstić information content (AvgIpc) is 2.71. The molecule has 120 valence electrons. The summed E-state index contributed by atoms with van der Waals surface area (Å²) in [6.07, 6.45) is 1.38. The molecular weight excluding hydrogens is 308 g/mol. The summed E-state index contributed by atoms with van der Waals surface area (Å²) in [5, 5.41) is 9.32. The molecule has 1 aliphatic carbocycles. The number of carbonyl (C=O) groups is 4. The molecule has 0 bridgehead atoms. The first-order chi connectivity index (χ1) is 10.3. The first kappa shape index (κ1) is 15.5. The second-order valence-electron chi connectivity index (χ2n) is 6.33. The Morgan fingerprint density at radius 3 is 2.59 bits per heavy atom. The average molecular weight is 326 g/mol. The number of amides is 1. The topological polar surface area (TPSA) is 118 Å². The minimum absolute atomic E-state index is 0.0390. The van der Waals surface area contributed by atoms with Crippen molar-refractivity contribution in [3.63, 3.8) is 0 Å². The van der Waals surface area contributed by atoms with E-state index in [0.29, 0.717) is 19.3 Å². The van der Waals surface area contributed by atoms with Gasteiger partial charge in [0.05, 0.1) is 4.75 Å². The number of ketones is 2. The predicted molar refractivity (Wildman–Crippen MR) is 78.1 cm³/mol. The summed E-state index contributed by atoms with van der Waals surface area (Å²) >= 11 is 1.18. The number of hydrogen-bond donors (Lipinski definition) is 2. The standard InChI is InChI=1S/C14H18N2O5S/c1-13-6-7(17)4-2-3-5-8(18)14(13,12(20)21)16-10(19)9(15)11(16)22-13/h9,11H,2-6,15H2,1H3,(H,20,21)/t9-,11-,13?,14+/m1/s1. The highest BCUT2D eigenvalue weighted by Gasteiger charge is 2.76. The zero-order valence-corrected chi connectivity index (χ0v) is 13.0. The lowest BCUT2D eigenvalue weighted by Crippen LogP contribution is -2.77. The molecule has 0 spiro atoms. The summed E-state index contributed by atoms with van der Waals surface area (Å²) in [7, 11) is 0. The number of carboxylic acids is 1. The van der Waals surface area contributed by atoms with E-state index in [4.69, 9.17) is 5.73 Å². The van der Waals surface area contributed by atoms with Crippen molar-refractivity contribution in [1.82, 2.24) is 4.90 Å². The van der Waals surface area contributed by atoms with Crippen molar-refractivity contribution in [1.29, 1.82) is 0 Å². The van der Waals surface area contributed by atoms with E-state index in [-0.39, 0.29) is 18.6 Å². The van der Waals surface area contributed by atoms with E-state index >= 15 is 0 Å². The molecule has 3 fully saturated rings. The summed E-state index contributed by atoms with van der Waals surface area (Å²) in [4.78, 5) is 50.3. The van der Waals surface area contributed by atoms with Gasteiger partial charge in [0, 0.05) is 19.3 Å². The van der Waals surface area contributed by atoms with E-state index in [1.165, 1.54) is 11.8 Å². The number of nitrogens with zero attached hydrogens (tertiary/aromatic N) is 1. The fourth-order valence-electron chi connectivity index (χ4n) is 3.88. The van der Waals surface area contributed by atoms with Gasteiger partial charge in [-0.3, -0.25) is 14.4 Å². The van der Waals surface area contributed by atoms with Crippen LogP contribution in [0.3, 0.4) is 0 Å². The van der Waals surface area contributed by atoms with Crippen LogP contribution in [0.5, 0.6) is 0 Å². The molecule has 1 unspecified atom stereocenters. The molecule has 3 N–H and O–H groups in total. The number of thioether (sulfide) groups is 1. The van der Waals surface area contributed by atoms with Crippen molar-refractivity contribution in [3.05, 3.63) is 0 Å². The molecule has 0 radical (unpaired) electrons. The van der Waals surface area contributed by atoms with Crippen molar-refractivity contribution >= 4 is 35.2 Å². The van der Waals surface area contributed by atoms with Crippen LogP contribution >= 0.6 is 11.8 Å². The van der Waals surface area contributed by atoms with Crippen LogP contribution in [0, 0.1) is 0 Å². The summed E-state index contributed by atoms with van der Waals surface area (Å²) in [5.74, 6) is -2.44. The van der Waals surface area contributed by atoms with Crippen LogP contribution in [0.2, 0.25) is 0 Å². The number of carboxylic acid groups (broad SMARTS) is 1. The third kappa shape index (κ3) is 1.68. The lowest BCUT2D eigenvalue weighted by atomic mass is 9.73. The Kier molecular flexibility index (Phi) is 3.37. The van der Waals surface area contributed by atoms with Crippen molar-refractivity contribution < 1.29 is 24.3 Å². The Morgan fingerprint density at radius 2 is 1.95 bits per heavy atom. The fraction of sp³-hybridized carbons (Fsp3) is 0.714. The van der Waals surface area contributed by atoms with Gasteiger partial charge in [-0.1, -0.05) is 0 Å². The normalized spacial score (nSPS) is 41.9. The van der Waals surface area contributed by atoms with Crippen molar-refractivity contribution in [3.8, 4) is 0 Å². The van der Waals surface area contributed by atoms with Gasteiger partial charge in [0.15, 0.2) is 5.78 Å². The van der Waals surface area contributed by atoms with E-state index in [1.807, 2.05) is 0 Å². The minimum atomic E-state index is -1.98. The molecule has 2 aliphatic heterocycles. The van der Waals surface area contributed by atoms with Crippen LogP contribution < -0.4 is 5.73 Å². The highest BCUT2D eigenvalue weighted by Crippen LogP contribution is 2.59. The van der Waals surface area contributed by atoms with Gasteiger partial charge in [0.25, 0.3) is 0 Å². The van der Waals surface area contributed by atoms with Crippen LogP contribution in [0.15, 0.2) is 0 Å². The van der Waals surface area contributed by atoms with E-state index < -0.39 is 39.4 Å². The summed E-state index contributed by atoms with van der Waals surface area (Å²) in [6.45, 7) is 1.60. The molecule has 2 saturated heterocycles. The Hall–Kier alpha value is -1.41. The molecule has 8 heteroatoms. The number of nitrogens with two attached hydrogens (primary N) is 1. The number of β-lactam (4-membered cyclic amide) rings is 1. The van der Waals surface area contributed by atoms with E-state index in [0.717, 1.165) is 4.90 Å². The quantitative estimate of drug-likeness (QED) is 0.511. The van der Waals surface area contributed by atoms with Crippen LogP contribution in [-0.4, -0.2) is 55.2 Å². The molecule has 3 rings (SSSR count). The van der Waals surface area contributed by atoms with E-state index in [1.54, 1.807) is 6.92 Å². The lowest BCUT2D eigenvalue weighted by Gasteiger charge is -2.48. The number of rotatable bonds is 1. The molecule has 1 saturated carbocycles. The van der Waals surface area contributed by atoms with Gasteiger partial charge in [0.2, 0.25) is 11.4 Å². The van der Waals surface area contributed by atoms with Crippen LogP contribution in [0.1, 0.15) is 39.0 Å². The Labute approximate surface area is 131 Å². The molecule has 3 aliphatic rings. The summed E-state index contributed by atoms with van der Waals surface area (Å²) < 4.78 is -1.17. The first-order valence-electron chi connectivity index (χ1n) is 7.30. The fourth-order valence-corrected chi connectivity index (χ4v) is 5.75. The Morgan fingerprint density at radius 1 is 1.32 bits per heavy atom. The smallest absolute Gasteiger partial charge is 0.339 e. The number of fused-ring (bicyclic) bond motifs is 3. The van der Waals surface area contributed by atoms with E-state index in [2.05, 4.69) is 0 Å². The highest BCUT2D eigenvalue weighted by molar-refractivity contribution is 8.01.